The van der Waals surface area contributed by atoms with E-state index >= 15 is 0 Å². The van der Waals surface area contributed by atoms with Crippen LogP contribution in [0.3, 0.4) is 0 Å². The molecule has 2 fully saturated rings. The lowest BCUT2D eigenvalue weighted by atomic mass is 10.1. The van der Waals surface area contributed by atoms with Crippen LogP contribution in [-0.4, -0.2) is 83.6 Å². The minimum Gasteiger partial charge on any atom is -0.394 e. The largest absolute Gasteiger partial charge is 0.394 e. The summed E-state index contributed by atoms with van der Waals surface area (Å²) in [5, 5.41) is 42.5. The second-order valence-corrected chi connectivity index (χ2v) is 10.2. The summed E-state index contributed by atoms with van der Waals surface area (Å²) in [6.45, 7) is 1.91. The maximum atomic E-state index is 13.7. The summed E-state index contributed by atoms with van der Waals surface area (Å²) in [5.41, 5.74) is 1.53. The summed E-state index contributed by atoms with van der Waals surface area (Å²) in [6.07, 6.45) is -1.04. The molecule has 3 aromatic rings. The van der Waals surface area contributed by atoms with Gasteiger partial charge in [0, 0.05) is 24.1 Å². The Morgan fingerprint density at radius 1 is 1.17 bits per heavy atom. The zero-order valence-electron chi connectivity index (χ0n) is 19.6. The molecule has 2 aliphatic carbocycles. The summed E-state index contributed by atoms with van der Waals surface area (Å²) in [4.78, 5) is 9.27. The second-order valence-electron chi connectivity index (χ2n) is 9.09. The van der Waals surface area contributed by atoms with E-state index in [2.05, 4.69) is 32.5 Å². The maximum absolute atomic E-state index is 13.7. The topological polar surface area (TPSA) is 138 Å². The van der Waals surface area contributed by atoms with Crippen molar-refractivity contribution in [2.24, 2.45) is 0 Å². The fraction of sp³-hybridized carbons (Fsp3) is 0.565. The summed E-state index contributed by atoms with van der Waals surface area (Å²) < 4.78 is 34.0. The molecule has 0 radical (unpaired) electrons. The second kappa shape index (κ2) is 10.5. The highest BCUT2D eigenvalue weighted by atomic mass is 32.2. The molecule has 194 valence electrons. The predicted octanol–water partition coefficient (Wildman–Crippen LogP) is 2.01. The number of aliphatic hydroxyl groups excluding tert-OH is 3. The van der Waals surface area contributed by atoms with Crippen molar-refractivity contribution in [2.75, 3.05) is 24.3 Å². The van der Waals surface area contributed by atoms with Gasteiger partial charge in [-0.25, -0.2) is 23.4 Å². The van der Waals surface area contributed by atoms with Crippen LogP contribution in [0.5, 0.6) is 0 Å². The number of benzene rings is 1. The number of fused-ring (bicyclic) bond motifs is 1. The van der Waals surface area contributed by atoms with Gasteiger partial charge in [-0.2, -0.15) is 0 Å². The van der Waals surface area contributed by atoms with Crippen LogP contribution in [0.2, 0.25) is 0 Å². The van der Waals surface area contributed by atoms with Crippen LogP contribution in [0, 0.1) is 11.6 Å². The van der Waals surface area contributed by atoms with Crippen LogP contribution in [-0.2, 0) is 4.74 Å². The first-order valence-corrected chi connectivity index (χ1v) is 13.0. The maximum Gasteiger partial charge on any atom is 0.191 e. The zero-order chi connectivity index (χ0) is 25.4. The van der Waals surface area contributed by atoms with Crippen molar-refractivity contribution in [3.63, 3.8) is 0 Å². The van der Waals surface area contributed by atoms with Crippen molar-refractivity contribution in [1.82, 2.24) is 25.0 Å². The highest BCUT2D eigenvalue weighted by Gasteiger charge is 2.45. The van der Waals surface area contributed by atoms with Gasteiger partial charge in [-0.15, -0.1) is 5.10 Å². The molecule has 6 atom stereocenters. The summed E-state index contributed by atoms with van der Waals surface area (Å²) in [6, 6.07) is 3.26. The van der Waals surface area contributed by atoms with Crippen LogP contribution in [0.4, 0.5) is 14.6 Å². The van der Waals surface area contributed by atoms with Gasteiger partial charge in [0.05, 0.1) is 25.4 Å². The fourth-order valence-corrected chi connectivity index (χ4v) is 5.31. The molecule has 0 bridgehead atoms. The Balaban J connectivity index is 1.43. The Morgan fingerprint density at radius 2 is 2.00 bits per heavy atom. The van der Waals surface area contributed by atoms with Gasteiger partial charge in [0.15, 0.2) is 33.8 Å². The number of hydrogen-bond acceptors (Lipinski definition) is 10. The van der Waals surface area contributed by atoms with E-state index in [0.29, 0.717) is 27.7 Å². The quantitative estimate of drug-likeness (QED) is 0.231. The molecule has 2 heterocycles. The average Bonchev–Trinajstić information content (AvgIpc) is 3.41. The molecule has 1 aromatic carbocycles. The molecule has 0 amide bonds. The van der Waals surface area contributed by atoms with Gasteiger partial charge in [-0.1, -0.05) is 30.0 Å². The highest BCUT2D eigenvalue weighted by Crippen LogP contribution is 2.44. The Kier molecular flexibility index (Phi) is 7.35. The van der Waals surface area contributed by atoms with E-state index in [4.69, 9.17) is 9.84 Å². The first-order chi connectivity index (χ1) is 17.4. The van der Waals surface area contributed by atoms with E-state index in [1.807, 2.05) is 0 Å². The minimum absolute atomic E-state index is 0.00291. The molecular formula is C23H28F2N6O4S. The van der Waals surface area contributed by atoms with Crippen molar-refractivity contribution in [1.29, 1.82) is 0 Å². The number of halogens is 2. The van der Waals surface area contributed by atoms with Crippen molar-refractivity contribution >= 4 is 28.7 Å². The standard InChI is InChI=1S/C23H28F2N6O4S/c1-2-7-36-23-27-21(26-15-9-12(15)11-3-4-13(24)14(25)8-11)18-22(28-23)31(30-29-18)16-10-17(35-6-5-32)20(34)19(16)33/h3-4,8,12,15-17,19-20,32-34H,2,5-7,9-10H2,1H3,(H,26,27,28)/t12?,15-,16+,17-,19-,20+/m0/s1. The average molecular weight is 523 g/mol. The van der Waals surface area contributed by atoms with Crippen LogP contribution in [0.25, 0.3) is 11.2 Å². The van der Waals surface area contributed by atoms with Gasteiger partial charge in [0.1, 0.15) is 12.2 Å². The predicted molar refractivity (Wildman–Crippen MR) is 128 cm³/mol. The molecule has 1 unspecified atom stereocenters. The number of nitrogens with zero attached hydrogens (tertiary/aromatic N) is 5. The zero-order valence-corrected chi connectivity index (χ0v) is 20.4. The van der Waals surface area contributed by atoms with Gasteiger partial charge in [0.2, 0.25) is 0 Å². The lowest BCUT2D eigenvalue weighted by Crippen LogP contribution is -2.33. The van der Waals surface area contributed by atoms with E-state index in [-0.39, 0.29) is 31.6 Å². The van der Waals surface area contributed by atoms with Crippen LogP contribution in [0.1, 0.15) is 43.7 Å². The number of aromatic nitrogens is 5. The molecule has 2 aromatic heterocycles. The third-order valence-corrected chi connectivity index (χ3v) is 7.61. The normalized spacial score (nSPS) is 27.6. The van der Waals surface area contributed by atoms with E-state index in [1.54, 1.807) is 6.07 Å². The minimum atomic E-state index is -1.15. The van der Waals surface area contributed by atoms with E-state index in [1.165, 1.54) is 22.5 Å². The SMILES string of the molecule is CCCSc1nc(N[C@H]2CC2c2ccc(F)c(F)c2)c2nnn([C@@H]3C[C@H](OCCO)[C@@H](O)[C@H]3O)c2n1. The van der Waals surface area contributed by atoms with Crippen LogP contribution >= 0.6 is 11.8 Å². The highest BCUT2D eigenvalue weighted by molar-refractivity contribution is 7.99. The lowest BCUT2D eigenvalue weighted by Gasteiger charge is -2.17. The monoisotopic (exact) mass is 522 g/mol. The number of anilines is 1. The molecule has 2 aliphatic rings. The summed E-state index contributed by atoms with van der Waals surface area (Å²) in [5.74, 6) is -0.472. The van der Waals surface area contributed by atoms with Crippen LogP contribution in [0.15, 0.2) is 23.4 Å². The van der Waals surface area contributed by atoms with Gasteiger partial charge in [0.25, 0.3) is 0 Å². The van der Waals surface area contributed by atoms with Gasteiger partial charge < -0.3 is 25.4 Å². The summed E-state index contributed by atoms with van der Waals surface area (Å²) in [7, 11) is 0. The fourth-order valence-electron chi connectivity index (χ4n) is 4.61. The first-order valence-electron chi connectivity index (χ1n) is 12.0. The molecule has 0 spiro atoms. The molecular weight excluding hydrogens is 494 g/mol. The van der Waals surface area contributed by atoms with Gasteiger partial charge in [-0.05, 0) is 30.5 Å². The van der Waals surface area contributed by atoms with Crippen LogP contribution < -0.4 is 5.32 Å². The molecule has 13 heteroatoms. The molecule has 36 heavy (non-hydrogen) atoms. The molecule has 0 saturated heterocycles. The number of ether oxygens (including phenoxy) is 1. The number of rotatable bonds is 10. The van der Waals surface area contributed by atoms with E-state index in [0.717, 1.165) is 24.7 Å². The molecule has 4 N–H and O–H groups in total. The Hall–Kier alpha value is -2.45. The molecule has 10 nitrogen and oxygen atoms in total. The van der Waals surface area contributed by atoms with Crippen molar-refractivity contribution in [3.8, 4) is 0 Å². The molecule has 2 saturated carbocycles. The first kappa shape index (κ1) is 25.2. The van der Waals surface area contributed by atoms with Crippen molar-refractivity contribution in [2.45, 2.75) is 67.7 Å². The lowest BCUT2D eigenvalue weighted by molar-refractivity contribution is -0.0629. The van der Waals surface area contributed by atoms with Crippen molar-refractivity contribution < 1.29 is 28.8 Å². The Bertz CT molecular complexity index is 1230. The third kappa shape index (κ3) is 4.90. The molecule has 5 rings (SSSR count). The van der Waals surface area contributed by atoms with Gasteiger partial charge >= 0.3 is 0 Å². The number of aliphatic hydroxyl groups is 3. The Morgan fingerprint density at radius 3 is 2.75 bits per heavy atom. The van der Waals surface area contributed by atoms with Gasteiger partial charge in [-0.3, -0.25) is 0 Å². The number of thioether (sulfide) groups is 1. The number of nitrogens with one attached hydrogen (secondary N) is 1. The Labute approximate surface area is 210 Å². The van der Waals surface area contributed by atoms with E-state index in [9.17, 15) is 19.0 Å². The third-order valence-electron chi connectivity index (χ3n) is 6.56. The summed E-state index contributed by atoms with van der Waals surface area (Å²) >= 11 is 1.48. The smallest absolute Gasteiger partial charge is 0.191 e. The molecule has 0 aliphatic heterocycles. The number of hydrogen-bond donors (Lipinski definition) is 4. The van der Waals surface area contributed by atoms with Crippen molar-refractivity contribution in [3.05, 3.63) is 35.4 Å². The van der Waals surface area contributed by atoms with E-state index < -0.39 is 36.0 Å².